The SMILES string of the molecule is F[B-](F)(F)F.F[B-](F)(F)F.F[B-](F)(F)F.Ic1ccccc1.[KH]. The number of hydrogen-bond donors (Lipinski definition) is 0. The molecule has 23 heavy (non-hydrogen) atoms. The molecule has 1 aromatic rings. The first-order chi connectivity index (χ1) is 9.39. The van der Waals surface area contributed by atoms with Crippen LogP contribution in [0.3, 0.4) is 0 Å². The van der Waals surface area contributed by atoms with Crippen LogP contribution in [0.15, 0.2) is 30.3 Å². The van der Waals surface area contributed by atoms with E-state index in [0.29, 0.717) is 0 Å². The number of hydrogen-bond acceptors (Lipinski definition) is 0. The van der Waals surface area contributed by atoms with Crippen molar-refractivity contribution in [3.63, 3.8) is 0 Å². The van der Waals surface area contributed by atoms with Crippen LogP contribution < -0.4 is 0 Å². The van der Waals surface area contributed by atoms with Gasteiger partial charge in [0.15, 0.2) is 0 Å². The molecule has 1 aromatic carbocycles. The van der Waals surface area contributed by atoms with Crippen LogP contribution in [-0.2, 0) is 0 Å². The number of halogens is 13. The minimum absolute atomic E-state index is 0. The van der Waals surface area contributed by atoms with Crippen molar-refractivity contribution in [3.8, 4) is 0 Å². The van der Waals surface area contributed by atoms with E-state index >= 15 is 0 Å². The Balaban J connectivity index is -0.000000105. The predicted octanol–water partition coefficient (Wildman–Crippen LogP) is 5.54. The molecule has 0 atom stereocenters. The van der Waals surface area contributed by atoms with Gasteiger partial charge in [0.1, 0.15) is 0 Å². The normalized spacial score (nSPS) is 10.5. The molecule has 1 rings (SSSR count). The van der Waals surface area contributed by atoms with E-state index in [-0.39, 0.29) is 51.4 Å². The summed E-state index contributed by atoms with van der Waals surface area (Å²) in [6, 6.07) is 10.2. The summed E-state index contributed by atoms with van der Waals surface area (Å²) in [6.45, 7) is 0. The van der Waals surface area contributed by atoms with Crippen molar-refractivity contribution < 1.29 is 51.8 Å². The van der Waals surface area contributed by atoms with E-state index in [1.54, 1.807) is 0 Å². The molecule has 17 heteroatoms. The summed E-state index contributed by atoms with van der Waals surface area (Å²) in [6.07, 6.45) is 0. The van der Waals surface area contributed by atoms with Crippen LogP contribution in [0.4, 0.5) is 51.8 Å². The monoisotopic (exact) mass is 505 g/mol. The first-order valence-corrected chi connectivity index (χ1v) is 5.80. The van der Waals surface area contributed by atoms with Gasteiger partial charge < -0.3 is 51.8 Å². The van der Waals surface area contributed by atoms with Crippen LogP contribution in [0.25, 0.3) is 0 Å². The molecule has 0 radical (unpaired) electrons. The first kappa shape index (κ1) is 31.7. The molecule has 0 spiro atoms. The van der Waals surface area contributed by atoms with Crippen LogP contribution in [0, 0.1) is 3.57 Å². The summed E-state index contributed by atoms with van der Waals surface area (Å²) < 4.78 is 118. The quantitative estimate of drug-likeness (QED) is 0.247. The molecule has 0 N–H and O–H groups in total. The number of benzene rings is 1. The van der Waals surface area contributed by atoms with Gasteiger partial charge in [0.25, 0.3) is 0 Å². The van der Waals surface area contributed by atoms with Crippen molar-refractivity contribution >= 4 is 95.7 Å². The van der Waals surface area contributed by atoms with Gasteiger partial charge in [0, 0.05) is 3.57 Å². The van der Waals surface area contributed by atoms with Crippen molar-refractivity contribution in [2.75, 3.05) is 0 Å². The summed E-state index contributed by atoms with van der Waals surface area (Å²) in [7, 11) is -18.0. The van der Waals surface area contributed by atoms with Gasteiger partial charge in [-0.25, -0.2) is 0 Å². The molecular weight excluding hydrogens is 498 g/mol. The third kappa shape index (κ3) is 126. The van der Waals surface area contributed by atoms with E-state index < -0.39 is 21.8 Å². The maximum absolute atomic E-state index is 9.75. The zero-order valence-electron chi connectivity index (χ0n) is 10.0. The van der Waals surface area contributed by atoms with Crippen LogP contribution in [0.2, 0.25) is 0 Å². The molecular formula is C6H6B3F12IK-3. The Labute approximate surface area is 179 Å². The molecule has 0 aromatic heterocycles. The molecule has 134 valence electrons. The first-order valence-electron chi connectivity index (χ1n) is 4.72. The second-order valence-electron chi connectivity index (χ2n) is 2.78. The van der Waals surface area contributed by atoms with Gasteiger partial charge in [-0.15, -0.1) is 0 Å². The fraction of sp³-hybridized carbons (Fsp3) is 0. The van der Waals surface area contributed by atoms with Gasteiger partial charge in [-0.2, -0.15) is 0 Å². The molecule has 0 aliphatic rings. The topological polar surface area (TPSA) is 0 Å². The van der Waals surface area contributed by atoms with E-state index in [1.807, 2.05) is 18.2 Å². The standard InChI is InChI=1S/C6H5I.3BF4.K.H/c7-6-4-2-1-3-5-6;3*2-1(3,4)5;;/h1-5H;;;;;/q;3*-1;;. The molecule has 0 fully saturated rings. The zero-order valence-corrected chi connectivity index (χ0v) is 12.2. The fourth-order valence-corrected chi connectivity index (χ4v) is 0.830. The minimum atomic E-state index is -6.00. The Bertz CT molecular complexity index is 319. The van der Waals surface area contributed by atoms with E-state index in [2.05, 4.69) is 34.7 Å². The Morgan fingerprint density at radius 1 is 0.522 bits per heavy atom. The molecule has 0 saturated carbocycles. The average molecular weight is 505 g/mol. The zero-order chi connectivity index (χ0) is 18.6. The van der Waals surface area contributed by atoms with Crippen molar-refractivity contribution in [1.29, 1.82) is 0 Å². The Kier molecular flexibility index (Phi) is 21.0. The van der Waals surface area contributed by atoms with E-state index in [1.165, 1.54) is 3.57 Å². The predicted molar refractivity (Wildman–Crippen MR) is 76.9 cm³/mol. The van der Waals surface area contributed by atoms with Gasteiger partial charge in [-0.1, -0.05) is 18.2 Å². The van der Waals surface area contributed by atoms with Crippen LogP contribution in [0.1, 0.15) is 0 Å². The third-order valence-corrected chi connectivity index (χ3v) is 1.45. The average Bonchev–Trinajstić information content (AvgIpc) is 2.09. The molecule has 0 nitrogen and oxygen atoms in total. The Morgan fingerprint density at radius 3 is 0.783 bits per heavy atom. The van der Waals surface area contributed by atoms with Crippen LogP contribution in [-0.4, -0.2) is 73.1 Å². The van der Waals surface area contributed by atoms with E-state index in [4.69, 9.17) is 0 Å². The van der Waals surface area contributed by atoms with E-state index in [9.17, 15) is 51.8 Å². The fourth-order valence-electron chi connectivity index (χ4n) is 0.415. The van der Waals surface area contributed by atoms with Crippen molar-refractivity contribution in [3.05, 3.63) is 33.9 Å². The van der Waals surface area contributed by atoms with Crippen molar-refractivity contribution in [1.82, 2.24) is 0 Å². The molecule has 0 unspecified atom stereocenters. The van der Waals surface area contributed by atoms with Gasteiger partial charge in [-0.05, 0) is 34.7 Å². The van der Waals surface area contributed by atoms with Crippen molar-refractivity contribution in [2.45, 2.75) is 0 Å². The second kappa shape index (κ2) is 15.2. The molecule has 0 bridgehead atoms. The molecule has 0 amide bonds. The molecule has 0 saturated heterocycles. The Morgan fingerprint density at radius 2 is 0.696 bits per heavy atom. The van der Waals surface area contributed by atoms with Gasteiger partial charge in [0.05, 0.1) is 0 Å². The second-order valence-corrected chi connectivity index (χ2v) is 4.03. The summed E-state index contributed by atoms with van der Waals surface area (Å²) in [5, 5.41) is 0. The summed E-state index contributed by atoms with van der Waals surface area (Å²) in [5.41, 5.74) is 0. The number of rotatable bonds is 0. The van der Waals surface area contributed by atoms with Crippen molar-refractivity contribution in [2.24, 2.45) is 0 Å². The van der Waals surface area contributed by atoms with E-state index in [0.717, 1.165) is 0 Å². The van der Waals surface area contributed by atoms with Crippen LogP contribution >= 0.6 is 22.6 Å². The van der Waals surface area contributed by atoms with Crippen LogP contribution in [0.5, 0.6) is 0 Å². The van der Waals surface area contributed by atoms with Gasteiger partial charge in [-0.3, -0.25) is 0 Å². The van der Waals surface area contributed by atoms with Gasteiger partial charge in [0.2, 0.25) is 0 Å². The summed E-state index contributed by atoms with van der Waals surface area (Å²) >= 11 is 2.28. The molecule has 0 heterocycles. The maximum atomic E-state index is 9.75. The van der Waals surface area contributed by atoms with Gasteiger partial charge >= 0.3 is 73.1 Å². The molecule has 0 aliphatic carbocycles. The third-order valence-electron chi connectivity index (χ3n) is 0.733. The molecule has 0 aliphatic heterocycles. The summed E-state index contributed by atoms with van der Waals surface area (Å²) in [4.78, 5) is 0. The Hall–Kier alpha value is 0.941. The summed E-state index contributed by atoms with van der Waals surface area (Å²) in [5.74, 6) is 0.